The van der Waals surface area contributed by atoms with E-state index >= 15 is 0 Å². The summed E-state index contributed by atoms with van der Waals surface area (Å²) < 4.78 is 18.7. The Morgan fingerprint density at radius 3 is 2.79 bits per heavy atom. The van der Waals surface area contributed by atoms with Gasteiger partial charge in [-0.25, -0.2) is 4.39 Å². The van der Waals surface area contributed by atoms with Gasteiger partial charge in [-0.1, -0.05) is 0 Å². The fraction of sp³-hybridized carbons (Fsp3) is 0.400. The van der Waals surface area contributed by atoms with E-state index in [0.29, 0.717) is 23.2 Å². The second kappa shape index (κ2) is 5.98. The summed E-state index contributed by atoms with van der Waals surface area (Å²) in [5, 5.41) is 8.52. The van der Waals surface area contributed by atoms with E-state index in [4.69, 9.17) is 9.84 Å². The summed E-state index contributed by atoms with van der Waals surface area (Å²) in [6, 6.07) is 4.64. The highest BCUT2D eigenvalue weighted by Gasteiger charge is 2.00. The zero-order valence-electron chi connectivity index (χ0n) is 7.67. The standard InChI is InChI=1S/C10H12BrFO2/c11-9-4-3-8(7-10(9)12)14-6-2-1-5-13/h3-4,7,13H,1-2,5-6H2. The predicted molar refractivity (Wildman–Crippen MR) is 55.9 cm³/mol. The summed E-state index contributed by atoms with van der Waals surface area (Å²) >= 11 is 3.06. The van der Waals surface area contributed by atoms with Crippen molar-refractivity contribution >= 4 is 15.9 Å². The predicted octanol–water partition coefficient (Wildman–Crippen LogP) is 2.74. The van der Waals surface area contributed by atoms with Crippen LogP contribution in [-0.4, -0.2) is 18.3 Å². The van der Waals surface area contributed by atoms with Crippen LogP contribution in [-0.2, 0) is 0 Å². The molecule has 0 radical (unpaired) electrons. The normalized spacial score (nSPS) is 10.2. The molecule has 0 amide bonds. The van der Waals surface area contributed by atoms with Crippen LogP contribution in [0, 0.1) is 5.82 Å². The van der Waals surface area contributed by atoms with Crippen LogP contribution in [0.25, 0.3) is 0 Å². The number of rotatable bonds is 5. The average Bonchev–Trinajstić information content (AvgIpc) is 2.18. The summed E-state index contributed by atoms with van der Waals surface area (Å²) in [7, 11) is 0. The van der Waals surface area contributed by atoms with Crippen molar-refractivity contribution in [3.63, 3.8) is 0 Å². The number of hydrogen-bond donors (Lipinski definition) is 1. The molecule has 0 fully saturated rings. The van der Waals surface area contributed by atoms with Crippen LogP contribution < -0.4 is 4.74 Å². The van der Waals surface area contributed by atoms with Crippen LogP contribution in [0.1, 0.15) is 12.8 Å². The van der Waals surface area contributed by atoms with Crippen LogP contribution in [0.2, 0.25) is 0 Å². The first-order chi connectivity index (χ1) is 6.74. The maximum absolute atomic E-state index is 13.0. The molecule has 2 nitrogen and oxygen atoms in total. The maximum atomic E-state index is 13.0. The molecule has 0 heterocycles. The van der Waals surface area contributed by atoms with Crippen LogP contribution in [0.3, 0.4) is 0 Å². The second-order valence-electron chi connectivity index (χ2n) is 2.86. The molecule has 0 aromatic heterocycles. The van der Waals surface area contributed by atoms with E-state index in [0.717, 1.165) is 6.42 Å². The molecule has 0 aliphatic rings. The van der Waals surface area contributed by atoms with Gasteiger partial charge in [0.15, 0.2) is 0 Å². The van der Waals surface area contributed by atoms with Crippen molar-refractivity contribution < 1.29 is 14.2 Å². The summed E-state index contributed by atoms with van der Waals surface area (Å²) in [6.07, 6.45) is 1.48. The largest absolute Gasteiger partial charge is 0.493 e. The third kappa shape index (κ3) is 3.64. The zero-order valence-corrected chi connectivity index (χ0v) is 9.26. The lowest BCUT2D eigenvalue weighted by molar-refractivity contribution is 0.252. The molecule has 0 spiro atoms. The highest BCUT2D eigenvalue weighted by Crippen LogP contribution is 2.20. The van der Waals surface area contributed by atoms with Gasteiger partial charge in [0.2, 0.25) is 0 Å². The molecule has 1 aromatic rings. The maximum Gasteiger partial charge on any atom is 0.141 e. The van der Waals surface area contributed by atoms with Gasteiger partial charge in [-0.05, 0) is 40.9 Å². The molecule has 0 unspecified atom stereocenters. The monoisotopic (exact) mass is 262 g/mol. The smallest absolute Gasteiger partial charge is 0.141 e. The number of ether oxygens (including phenoxy) is 1. The Morgan fingerprint density at radius 2 is 2.14 bits per heavy atom. The molecule has 4 heteroatoms. The van der Waals surface area contributed by atoms with Crippen LogP contribution in [0.15, 0.2) is 22.7 Å². The SMILES string of the molecule is OCCCCOc1ccc(Br)c(F)c1. The Labute approximate surface area is 90.8 Å². The Bertz CT molecular complexity index is 291. The summed E-state index contributed by atoms with van der Waals surface area (Å²) in [5.41, 5.74) is 0. The van der Waals surface area contributed by atoms with Crippen molar-refractivity contribution in [2.24, 2.45) is 0 Å². The number of aliphatic hydroxyl groups excluding tert-OH is 1. The van der Waals surface area contributed by atoms with E-state index in [2.05, 4.69) is 15.9 Å². The topological polar surface area (TPSA) is 29.5 Å². The summed E-state index contributed by atoms with van der Waals surface area (Å²) in [4.78, 5) is 0. The van der Waals surface area contributed by atoms with Crippen molar-refractivity contribution in [3.05, 3.63) is 28.5 Å². The van der Waals surface area contributed by atoms with Crippen molar-refractivity contribution in [2.75, 3.05) is 13.2 Å². The Hall–Kier alpha value is -0.610. The fourth-order valence-electron chi connectivity index (χ4n) is 0.971. The molecule has 1 N–H and O–H groups in total. The number of unbranched alkanes of at least 4 members (excludes halogenated alkanes) is 1. The summed E-state index contributed by atoms with van der Waals surface area (Å²) in [5.74, 6) is 0.188. The molecule has 0 aliphatic carbocycles. The zero-order chi connectivity index (χ0) is 10.4. The minimum atomic E-state index is -0.329. The highest BCUT2D eigenvalue weighted by atomic mass is 79.9. The molecule has 0 saturated carbocycles. The molecule has 0 aliphatic heterocycles. The molecule has 0 bridgehead atoms. The van der Waals surface area contributed by atoms with Gasteiger partial charge in [0.1, 0.15) is 11.6 Å². The molecule has 14 heavy (non-hydrogen) atoms. The Morgan fingerprint density at radius 1 is 1.36 bits per heavy atom. The van der Waals surface area contributed by atoms with Crippen molar-refractivity contribution in [1.29, 1.82) is 0 Å². The number of benzene rings is 1. The lowest BCUT2D eigenvalue weighted by Crippen LogP contribution is -1.98. The van der Waals surface area contributed by atoms with E-state index in [1.54, 1.807) is 12.1 Å². The van der Waals surface area contributed by atoms with Gasteiger partial charge in [0.05, 0.1) is 11.1 Å². The van der Waals surface area contributed by atoms with Gasteiger partial charge in [-0.2, -0.15) is 0 Å². The highest BCUT2D eigenvalue weighted by molar-refractivity contribution is 9.10. The number of hydrogen-bond acceptors (Lipinski definition) is 2. The first kappa shape index (κ1) is 11.5. The number of aliphatic hydroxyl groups is 1. The first-order valence-corrected chi connectivity index (χ1v) is 5.22. The molecule has 0 atom stereocenters. The van der Waals surface area contributed by atoms with Crippen molar-refractivity contribution in [3.8, 4) is 5.75 Å². The van der Waals surface area contributed by atoms with Gasteiger partial charge in [0, 0.05) is 12.7 Å². The van der Waals surface area contributed by atoms with Crippen molar-refractivity contribution in [2.45, 2.75) is 12.8 Å². The number of halogens is 2. The Kier molecular flexibility index (Phi) is 4.90. The van der Waals surface area contributed by atoms with E-state index in [-0.39, 0.29) is 12.4 Å². The molecule has 78 valence electrons. The minimum absolute atomic E-state index is 0.165. The fourth-order valence-corrected chi connectivity index (χ4v) is 1.22. The second-order valence-corrected chi connectivity index (χ2v) is 3.71. The molecule has 1 rings (SSSR count). The lowest BCUT2D eigenvalue weighted by Gasteiger charge is -2.05. The third-order valence-electron chi connectivity index (χ3n) is 1.71. The van der Waals surface area contributed by atoms with Crippen LogP contribution in [0.4, 0.5) is 4.39 Å². The van der Waals surface area contributed by atoms with E-state index in [1.807, 2.05) is 0 Å². The average molecular weight is 263 g/mol. The minimum Gasteiger partial charge on any atom is -0.493 e. The van der Waals surface area contributed by atoms with Crippen LogP contribution >= 0.6 is 15.9 Å². The summed E-state index contributed by atoms with van der Waals surface area (Å²) in [6.45, 7) is 0.666. The van der Waals surface area contributed by atoms with Gasteiger partial charge in [-0.15, -0.1) is 0 Å². The van der Waals surface area contributed by atoms with Crippen LogP contribution in [0.5, 0.6) is 5.75 Å². The van der Waals surface area contributed by atoms with Crippen molar-refractivity contribution in [1.82, 2.24) is 0 Å². The molecular weight excluding hydrogens is 251 g/mol. The lowest BCUT2D eigenvalue weighted by atomic mass is 10.3. The third-order valence-corrected chi connectivity index (χ3v) is 2.36. The van der Waals surface area contributed by atoms with Gasteiger partial charge in [0.25, 0.3) is 0 Å². The van der Waals surface area contributed by atoms with E-state index < -0.39 is 0 Å². The quantitative estimate of drug-likeness (QED) is 0.828. The molecule has 0 saturated heterocycles. The van der Waals surface area contributed by atoms with Gasteiger partial charge >= 0.3 is 0 Å². The van der Waals surface area contributed by atoms with E-state index in [9.17, 15) is 4.39 Å². The molecule has 1 aromatic carbocycles. The molecular formula is C10H12BrFO2. The Balaban J connectivity index is 2.39. The van der Waals surface area contributed by atoms with Gasteiger partial charge in [-0.3, -0.25) is 0 Å². The van der Waals surface area contributed by atoms with Gasteiger partial charge < -0.3 is 9.84 Å². The van der Waals surface area contributed by atoms with E-state index in [1.165, 1.54) is 6.07 Å². The first-order valence-electron chi connectivity index (χ1n) is 4.43.